The average molecular weight is 382 g/mol. The minimum absolute atomic E-state index is 0.169. The number of nitro benzene ring substituents is 1. The maximum absolute atomic E-state index is 13.5. The van der Waals surface area contributed by atoms with Crippen molar-refractivity contribution >= 4 is 29.0 Å². The molecule has 136 valence electrons. The van der Waals surface area contributed by atoms with Gasteiger partial charge in [0.1, 0.15) is 5.25 Å². The van der Waals surface area contributed by atoms with Crippen LogP contribution in [0.4, 0.5) is 15.8 Å². The van der Waals surface area contributed by atoms with Gasteiger partial charge in [0.25, 0.3) is 0 Å². The maximum Gasteiger partial charge on any atom is 0.306 e. The van der Waals surface area contributed by atoms with Gasteiger partial charge in [0.15, 0.2) is 0 Å². The highest BCUT2D eigenvalue weighted by Crippen LogP contribution is 2.36. The van der Waals surface area contributed by atoms with Gasteiger partial charge >= 0.3 is 5.69 Å². The summed E-state index contributed by atoms with van der Waals surface area (Å²) in [5.74, 6) is -1.30. The summed E-state index contributed by atoms with van der Waals surface area (Å²) in [6.07, 6.45) is 0. The van der Waals surface area contributed by atoms with Gasteiger partial charge in [0.2, 0.25) is 11.7 Å². The summed E-state index contributed by atoms with van der Waals surface area (Å²) >= 11 is 1.36. The molecule has 0 unspecified atom stereocenters. The second kappa shape index (κ2) is 8.46. The number of amides is 1. The molecule has 1 N–H and O–H groups in total. The van der Waals surface area contributed by atoms with Crippen molar-refractivity contribution in [2.24, 2.45) is 0 Å². The van der Waals surface area contributed by atoms with Gasteiger partial charge in [-0.25, -0.2) is 0 Å². The normalized spacial score (nSPS) is 11.6. The highest BCUT2D eigenvalue weighted by atomic mass is 32.2. The first-order valence-electron chi connectivity index (χ1n) is 8.06. The minimum Gasteiger partial charge on any atom is -0.325 e. The molecule has 0 aliphatic heterocycles. The van der Waals surface area contributed by atoms with Crippen LogP contribution in [-0.4, -0.2) is 10.8 Å². The lowest BCUT2D eigenvalue weighted by Gasteiger charge is -2.17. The Morgan fingerprint density at radius 2 is 1.63 bits per heavy atom. The Morgan fingerprint density at radius 1 is 1.00 bits per heavy atom. The molecule has 3 aromatic carbocycles. The first-order chi connectivity index (χ1) is 13.0. The highest BCUT2D eigenvalue weighted by Gasteiger charge is 2.23. The Bertz CT molecular complexity index is 952. The fourth-order valence-electron chi connectivity index (χ4n) is 2.47. The third-order valence-corrected chi connectivity index (χ3v) is 5.01. The Balaban J connectivity index is 1.87. The zero-order valence-corrected chi connectivity index (χ0v) is 14.9. The first kappa shape index (κ1) is 18.6. The molecule has 3 aromatic rings. The van der Waals surface area contributed by atoms with Gasteiger partial charge in [0.05, 0.1) is 4.92 Å². The molecular weight excluding hydrogens is 367 g/mol. The minimum atomic E-state index is -0.948. The molecule has 0 bridgehead atoms. The van der Waals surface area contributed by atoms with Crippen molar-refractivity contribution in [1.82, 2.24) is 0 Å². The number of hydrogen-bond acceptors (Lipinski definition) is 4. The Morgan fingerprint density at radius 3 is 2.26 bits per heavy atom. The summed E-state index contributed by atoms with van der Waals surface area (Å²) in [5, 5.41) is 13.0. The molecule has 0 fully saturated rings. The second-order valence-corrected chi connectivity index (χ2v) is 6.81. The van der Waals surface area contributed by atoms with E-state index in [0.717, 1.165) is 22.6 Å². The summed E-state index contributed by atoms with van der Waals surface area (Å²) in [6, 6.07) is 21.9. The van der Waals surface area contributed by atoms with Crippen LogP contribution in [0.1, 0.15) is 10.8 Å². The fourth-order valence-corrected chi connectivity index (χ4v) is 3.52. The maximum atomic E-state index is 13.5. The predicted molar refractivity (Wildman–Crippen MR) is 103 cm³/mol. The van der Waals surface area contributed by atoms with Crippen LogP contribution in [0, 0.1) is 15.9 Å². The number of carbonyl (C=O) groups is 1. The predicted octanol–water partition coefficient (Wildman–Crippen LogP) is 5.21. The van der Waals surface area contributed by atoms with Gasteiger partial charge < -0.3 is 5.32 Å². The molecule has 0 radical (unpaired) electrons. The third kappa shape index (κ3) is 4.71. The number of thioether (sulfide) groups is 1. The van der Waals surface area contributed by atoms with Crippen LogP contribution in [0.15, 0.2) is 83.8 Å². The Labute approximate surface area is 159 Å². The summed E-state index contributed by atoms with van der Waals surface area (Å²) in [4.78, 5) is 23.9. The van der Waals surface area contributed by atoms with Gasteiger partial charge in [-0.15, -0.1) is 11.8 Å². The van der Waals surface area contributed by atoms with Crippen molar-refractivity contribution in [3.63, 3.8) is 0 Å². The van der Waals surface area contributed by atoms with Crippen LogP contribution >= 0.6 is 11.8 Å². The molecule has 0 spiro atoms. The number of carbonyl (C=O) groups excluding carboxylic acids is 1. The molecule has 1 atom stereocenters. The van der Waals surface area contributed by atoms with Crippen LogP contribution in [0.25, 0.3) is 0 Å². The number of nitro groups is 1. The average Bonchev–Trinajstić information content (AvgIpc) is 2.69. The van der Waals surface area contributed by atoms with Crippen molar-refractivity contribution in [1.29, 1.82) is 0 Å². The molecule has 0 aromatic heterocycles. The molecule has 0 heterocycles. The largest absolute Gasteiger partial charge is 0.325 e. The van der Waals surface area contributed by atoms with Gasteiger partial charge in [-0.05, 0) is 29.8 Å². The van der Waals surface area contributed by atoms with Crippen molar-refractivity contribution in [3.8, 4) is 0 Å². The van der Waals surface area contributed by atoms with Crippen LogP contribution in [0.5, 0.6) is 0 Å². The third-order valence-electron chi connectivity index (χ3n) is 3.75. The smallest absolute Gasteiger partial charge is 0.306 e. The van der Waals surface area contributed by atoms with E-state index in [9.17, 15) is 19.3 Å². The van der Waals surface area contributed by atoms with Crippen LogP contribution in [0.2, 0.25) is 0 Å². The zero-order valence-electron chi connectivity index (χ0n) is 14.0. The van der Waals surface area contributed by atoms with E-state index in [2.05, 4.69) is 5.32 Å². The van der Waals surface area contributed by atoms with E-state index in [1.165, 1.54) is 17.8 Å². The van der Waals surface area contributed by atoms with Crippen LogP contribution in [-0.2, 0) is 4.79 Å². The molecule has 7 heteroatoms. The molecule has 0 saturated heterocycles. The number of halogens is 1. The standard InChI is InChI=1S/C20H15FN2O3S/c21-17-12-11-15(13-18(17)23(25)26)22-20(24)19(14-7-3-1-4-8-14)27-16-9-5-2-6-10-16/h1-13,19H,(H,22,24)/t19-/m0/s1. The first-order valence-corrected chi connectivity index (χ1v) is 8.94. The van der Waals surface area contributed by atoms with E-state index in [0.29, 0.717) is 0 Å². The van der Waals surface area contributed by atoms with Gasteiger partial charge in [0, 0.05) is 16.6 Å². The van der Waals surface area contributed by atoms with Crippen LogP contribution < -0.4 is 5.32 Å². The molecule has 0 aliphatic carbocycles. The second-order valence-electron chi connectivity index (χ2n) is 5.63. The number of anilines is 1. The summed E-state index contributed by atoms with van der Waals surface area (Å²) in [5.41, 5.74) is 0.280. The topological polar surface area (TPSA) is 72.2 Å². The Hall–Kier alpha value is -3.19. The molecular formula is C20H15FN2O3S. The fraction of sp³-hybridized carbons (Fsp3) is 0.0500. The molecule has 0 saturated carbocycles. The molecule has 27 heavy (non-hydrogen) atoms. The molecule has 0 aliphatic rings. The monoisotopic (exact) mass is 382 g/mol. The zero-order chi connectivity index (χ0) is 19.2. The van der Waals surface area contributed by atoms with E-state index in [-0.39, 0.29) is 11.6 Å². The highest BCUT2D eigenvalue weighted by molar-refractivity contribution is 8.00. The molecule has 1 amide bonds. The number of rotatable bonds is 6. The van der Waals surface area contributed by atoms with Gasteiger partial charge in [-0.3, -0.25) is 14.9 Å². The van der Waals surface area contributed by atoms with Crippen molar-refractivity contribution in [3.05, 3.63) is 100 Å². The lowest BCUT2D eigenvalue weighted by atomic mass is 10.1. The van der Waals surface area contributed by atoms with E-state index in [1.54, 1.807) is 0 Å². The van der Waals surface area contributed by atoms with E-state index >= 15 is 0 Å². The van der Waals surface area contributed by atoms with E-state index in [4.69, 9.17) is 0 Å². The quantitative estimate of drug-likeness (QED) is 0.361. The lowest BCUT2D eigenvalue weighted by Crippen LogP contribution is -2.19. The molecule has 3 rings (SSSR count). The van der Waals surface area contributed by atoms with Gasteiger partial charge in [-0.1, -0.05) is 48.5 Å². The number of nitrogens with zero attached hydrogens (tertiary/aromatic N) is 1. The van der Waals surface area contributed by atoms with Crippen molar-refractivity contribution in [2.45, 2.75) is 10.1 Å². The van der Waals surface area contributed by atoms with Crippen LogP contribution in [0.3, 0.4) is 0 Å². The number of nitrogens with one attached hydrogen (secondary N) is 1. The number of hydrogen-bond donors (Lipinski definition) is 1. The summed E-state index contributed by atoms with van der Waals surface area (Å²) in [6.45, 7) is 0. The van der Waals surface area contributed by atoms with Gasteiger partial charge in [-0.2, -0.15) is 4.39 Å². The number of benzene rings is 3. The summed E-state index contributed by atoms with van der Waals surface area (Å²) in [7, 11) is 0. The van der Waals surface area contributed by atoms with E-state index < -0.39 is 21.7 Å². The van der Waals surface area contributed by atoms with Crippen molar-refractivity contribution in [2.75, 3.05) is 5.32 Å². The molecule has 5 nitrogen and oxygen atoms in total. The van der Waals surface area contributed by atoms with E-state index in [1.807, 2.05) is 60.7 Å². The van der Waals surface area contributed by atoms with Crippen molar-refractivity contribution < 1.29 is 14.1 Å². The Kier molecular flexibility index (Phi) is 5.83. The lowest BCUT2D eigenvalue weighted by molar-refractivity contribution is -0.387. The SMILES string of the molecule is O=C(Nc1ccc(F)c([N+](=O)[O-])c1)[C@@H](Sc1ccccc1)c1ccccc1. The summed E-state index contributed by atoms with van der Waals surface area (Å²) < 4.78 is 13.5.